The van der Waals surface area contributed by atoms with E-state index >= 15 is 0 Å². The first-order valence-electron chi connectivity index (χ1n) is 8.02. The maximum absolute atomic E-state index is 9.16. The van der Waals surface area contributed by atoms with Gasteiger partial charge < -0.3 is 14.4 Å². The van der Waals surface area contributed by atoms with Gasteiger partial charge in [-0.1, -0.05) is 18.2 Å². The lowest BCUT2D eigenvalue weighted by atomic mass is 10.1. The summed E-state index contributed by atoms with van der Waals surface area (Å²) in [6, 6.07) is 12.1. The third-order valence-corrected chi connectivity index (χ3v) is 4.21. The molecule has 1 aliphatic rings. The molecular weight excluding hydrogens is 330 g/mol. The number of nitrogens with zero attached hydrogens (tertiary/aromatic N) is 5. The number of hydrogen-bond donors (Lipinski definition) is 0. The first kappa shape index (κ1) is 17.2. The minimum Gasteiger partial charge on any atom is -0.480 e. The predicted octanol–water partition coefficient (Wildman–Crippen LogP) is 3.01. The Morgan fingerprint density at radius 3 is 2.58 bits per heavy atom. The van der Waals surface area contributed by atoms with Crippen LogP contribution >= 0.6 is 0 Å². The highest BCUT2D eigenvalue weighted by molar-refractivity contribution is 5.80. The molecule has 1 aromatic carbocycles. The second-order valence-corrected chi connectivity index (χ2v) is 5.79. The molecule has 1 aromatic heterocycles. The van der Waals surface area contributed by atoms with Gasteiger partial charge in [-0.2, -0.15) is 20.5 Å². The maximum Gasteiger partial charge on any atom is 0.321 e. The van der Waals surface area contributed by atoms with E-state index in [1.165, 1.54) is 25.9 Å². The average molecular weight is 347 g/mol. The van der Waals surface area contributed by atoms with Crippen molar-refractivity contribution in [2.45, 2.75) is 19.4 Å². The number of hydrogen-bond acceptors (Lipinski definition) is 7. The monoisotopic (exact) mass is 347 g/mol. The first-order valence-corrected chi connectivity index (χ1v) is 8.02. The normalized spacial score (nSPS) is 14.8. The lowest BCUT2D eigenvalue weighted by Gasteiger charge is -2.26. The maximum atomic E-state index is 9.16. The van der Waals surface area contributed by atoms with Crippen LogP contribution in [0.25, 0.3) is 6.08 Å². The Morgan fingerprint density at radius 2 is 1.92 bits per heavy atom. The van der Waals surface area contributed by atoms with E-state index < -0.39 is 0 Å². The summed E-state index contributed by atoms with van der Waals surface area (Å²) in [6.45, 7) is 2.09. The van der Waals surface area contributed by atoms with Crippen LogP contribution in [0.15, 0.2) is 29.8 Å². The van der Waals surface area contributed by atoms with Crippen LogP contribution in [-0.2, 0) is 6.42 Å². The van der Waals surface area contributed by atoms with Crippen LogP contribution in [0.5, 0.6) is 11.9 Å². The Hall–Kier alpha value is -3.58. The molecule has 1 unspecified atom stereocenters. The number of anilines is 2. The molecule has 0 spiro atoms. The summed E-state index contributed by atoms with van der Waals surface area (Å²) >= 11 is 0. The SMILES string of the molecule is COc1nc(OC)c(C=C(C#N)C#N)c(N2c3ccccc3CC2C)n1. The number of benzene rings is 1. The molecule has 1 atom stereocenters. The summed E-state index contributed by atoms with van der Waals surface area (Å²) in [5, 5.41) is 18.3. The summed E-state index contributed by atoms with van der Waals surface area (Å²) in [6.07, 6.45) is 2.30. The third-order valence-electron chi connectivity index (χ3n) is 4.21. The fourth-order valence-corrected chi connectivity index (χ4v) is 3.10. The third kappa shape index (κ3) is 2.91. The van der Waals surface area contributed by atoms with Gasteiger partial charge in [-0.3, -0.25) is 0 Å². The molecule has 7 heteroatoms. The smallest absolute Gasteiger partial charge is 0.321 e. The molecule has 26 heavy (non-hydrogen) atoms. The molecule has 0 saturated heterocycles. The van der Waals surface area contributed by atoms with Gasteiger partial charge in [-0.25, -0.2) is 0 Å². The summed E-state index contributed by atoms with van der Waals surface area (Å²) < 4.78 is 10.6. The number of ether oxygens (including phenoxy) is 2. The number of fused-ring (bicyclic) bond motifs is 1. The Labute approximate surface area is 151 Å². The number of aromatic nitrogens is 2. The molecule has 1 aliphatic heterocycles. The lowest BCUT2D eigenvalue weighted by molar-refractivity contribution is 0.351. The van der Waals surface area contributed by atoms with Gasteiger partial charge in [0.15, 0.2) is 5.82 Å². The topological polar surface area (TPSA) is 95.1 Å². The van der Waals surface area contributed by atoms with Gasteiger partial charge in [0.05, 0.1) is 19.8 Å². The molecule has 130 valence electrons. The molecule has 0 aliphatic carbocycles. The largest absolute Gasteiger partial charge is 0.480 e. The van der Waals surface area contributed by atoms with E-state index in [0.717, 1.165) is 12.1 Å². The van der Waals surface area contributed by atoms with E-state index in [9.17, 15) is 0 Å². The molecular formula is C19H17N5O2. The van der Waals surface area contributed by atoms with Crippen molar-refractivity contribution < 1.29 is 9.47 Å². The Balaban J connectivity index is 2.28. The molecule has 7 nitrogen and oxygen atoms in total. The van der Waals surface area contributed by atoms with Crippen molar-refractivity contribution in [3.05, 3.63) is 41.0 Å². The van der Waals surface area contributed by atoms with Gasteiger partial charge >= 0.3 is 6.01 Å². The van der Waals surface area contributed by atoms with Crippen molar-refractivity contribution >= 4 is 17.6 Å². The molecule has 0 N–H and O–H groups in total. The summed E-state index contributed by atoms with van der Waals surface area (Å²) in [5.74, 6) is 0.778. The first-order chi connectivity index (χ1) is 12.6. The number of rotatable bonds is 4. The molecule has 0 amide bonds. The number of methoxy groups -OCH3 is 2. The zero-order valence-corrected chi connectivity index (χ0v) is 14.7. The van der Waals surface area contributed by atoms with Gasteiger partial charge in [0.25, 0.3) is 0 Å². The predicted molar refractivity (Wildman–Crippen MR) is 96.1 cm³/mol. The van der Waals surface area contributed by atoms with Crippen molar-refractivity contribution in [1.82, 2.24) is 9.97 Å². The van der Waals surface area contributed by atoms with Crippen molar-refractivity contribution in [2.24, 2.45) is 0 Å². The van der Waals surface area contributed by atoms with Crippen LogP contribution in [0.3, 0.4) is 0 Å². The van der Waals surface area contributed by atoms with E-state index in [2.05, 4.69) is 27.9 Å². The van der Waals surface area contributed by atoms with E-state index in [-0.39, 0.29) is 23.5 Å². The number of para-hydroxylation sites is 1. The van der Waals surface area contributed by atoms with Crippen LogP contribution in [-0.4, -0.2) is 30.2 Å². The van der Waals surface area contributed by atoms with E-state index in [4.69, 9.17) is 20.0 Å². The van der Waals surface area contributed by atoms with Crippen molar-refractivity contribution in [2.75, 3.05) is 19.1 Å². The lowest BCUT2D eigenvalue weighted by Crippen LogP contribution is -2.26. The highest BCUT2D eigenvalue weighted by Gasteiger charge is 2.31. The van der Waals surface area contributed by atoms with Crippen LogP contribution in [0.4, 0.5) is 11.5 Å². The summed E-state index contributed by atoms with van der Waals surface area (Å²) in [5.41, 5.74) is 2.63. The summed E-state index contributed by atoms with van der Waals surface area (Å²) in [7, 11) is 2.95. The zero-order chi connectivity index (χ0) is 18.7. The molecule has 0 radical (unpaired) electrons. The highest BCUT2D eigenvalue weighted by Crippen LogP contribution is 2.41. The van der Waals surface area contributed by atoms with E-state index in [1.54, 1.807) is 0 Å². The molecule has 0 bridgehead atoms. The van der Waals surface area contributed by atoms with E-state index in [0.29, 0.717) is 11.4 Å². The Morgan fingerprint density at radius 1 is 1.19 bits per heavy atom. The van der Waals surface area contributed by atoms with Gasteiger partial charge in [0, 0.05) is 11.7 Å². The van der Waals surface area contributed by atoms with Gasteiger partial charge in [-0.15, -0.1) is 0 Å². The van der Waals surface area contributed by atoms with Gasteiger partial charge in [-0.05, 0) is 31.1 Å². The van der Waals surface area contributed by atoms with Crippen LogP contribution in [0, 0.1) is 22.7 Å². The molecule has 3 rings (SSSR count). The van der Waals surface area contributed by atoms with Crippen LogP contribution in [0.1, 0.15) is 18.1 Å². The minimum absolute atomic E-state index is 0.0570. The average Bonchev–Trinajstić information content (AvgIpc) is 3.01. The number of nitriles is 2. The molecule has 2 heterocycles. The van der Waals surface area contributed by atoms with Crippen molar-refractivity contribution in [3.63, 3.8) is 0 Å². The van der Waals surface area contributed by atoms with Crippen molar-refractivity contribution in [1.29, 1.82) is 10.5 Å². The van der Waals surface area contributed by atoms with Crippen LogP contribution < -0.4 is 14.4 Å². The minimum atomic E-state index is -0.0570. The second-order valence-electron chi connectivity index (χ2n) is 5.79. The number of allylic oxidation sites excluding steroid dienone is 1. The Kier molecular flexibility index (Phi) is 4.72. The van der Waals surface area contributed by atoms with Crippen molar-refractivity contribution in [3.8, 4) is 24.0 Å². The second kappa shape index (κ2) is 7.12. The Bertz CT molecular complexity index is 939. The van der Waals surface area contributed by atoms with Gasteiger partial charge in [0.2, 0.25) is 5.88 Å². The van der Waals surface area contributed by atoms with Gasteiger partial charge in [0.1, 0.15) is 17.7 Å². The van der Waals surface area contributed by atoms with Crippen LogP contribution in [0.2, 0.25) is 0 Å². The quantitative estimate of drug-likeness (QED) is 0.784. The fraction of sp³-hybridized carbons (Fsp3) is 0.263. The summed E-state index contributed by atoms with van der Waals surface area (Å²) in [4.78, 5) is 10.8. The molecule has 2 aromatic rings. The fourth-order valence-electron chi connectivity index (χ4n) is 3.10. The molecule has 0 saturated carbocycles. The standard InChI is InChI=1S/C19H17N5O2/c1-12-8-14-6-4-5-7-16(14)24(12)17-15(9-13(10-20)11-21)18(25-2)23-19(22-17)26-3/h4-7,9,12H,8H2,1-3H3. The molecule has 0 fully saturated rings. The highest BCUT2D eigenvalue weighted by atomic mass is 16.5. The van der Waals surface area contributed by atoms with E-state index in [1.807, 2.05) is 30.3 Å². The zero-order valence-electron chi connectivity index (χ0n) is 14.7.